The minimum Gasteiger partial charge on any atom is -0.312 e. The van der Waals surface area contributed by atoms with Gasteiger partial charge in [0.15, 0.2) is 5.16 Å². The molecule has 0 saturated carbocycles. The number of thioether (sulfide) groups is 1. The molecule has 0 N–H and O–H groups in total. The minimum absolute atomic E-state index is 0.00537. The van der Waals surface area contributed by atoms with E-state index >= 15 is 0 Å². The number of fused-ring (bicyclic) bond motifs is 1. The summed E-state index contributed by atoms with van der Waals surface area (Å²) in [6.07, 6.45) is 0.850. The zero-order valence-electron chi connectivity index (χ0n) is 20.0. The Hall–Kier alpha value is -2.64. The van der Waals surface area contributed by atoms with Gasteiger partial charge in [0, 0.05) is 18.8 Å². The van der Waals surface area contributed by atoms with Crippen LogP contribution in [0.25, 0.3) is 10.9 Å². The summed E-state index contributed by atoms with van der Waals surface area (Å²) in [5.41, 5.74) is 1.50. The topological polar surface area (TPSA) is 58.4 Å². The third-order valence-electron chi connectivity index (χ3n) is 5.86. The molecule has 0 saturated heterocycles. The molecule has 3 aromatic rings. The molecule has 0 radical (unpaired) electrons. The van der Waals surface area contributed by atoms with Gasteiger partial charge in [-0.2, -0.15) is 0 Å². The highest BCUT2D eigenvalue weighted by molar-refractivity contribution is 8.00. The molecule has 1 unspecified atom stereocenters. The lowest BCUT2D eigenvalue weighted by atomic mass is 10.2. The number of benzene rings is 2. The molecule has 0 aliphatic carbocycles. The van der Waals surface area contributed by atoms with Crippen LogP contribution in [0.15, 0.2) is 64.5 Å². The average molecular weight is 467 g/mol. The summed E-state index contributed by atoms with van der Waals surface area (Å²) in [5, 5.41) is 0.832. The number of hydrogen-bond acceptors (Lipinski definition) is 5. The number of anilines is 1. The van der Waals surface area contributed by atoms with Crippen molar-refractivity contribution in [1.29, 1.82) is 0 Å². The summed E-state index contributed by atoms with van der Waals surface area (Å²) in [5.74, 6) is 0.00537. The molecular formula is C26H34N4O2S. The number of nitrogens with zero attached hydrogens (tertiary/aromatic N) is 4. The van der Waals surface area contributed by atoms with Gasteiger partial charge in [-0.05, 0) is 64.2 Å². The fourth-order valence-electron chi connectivity index (χ4n) is 3.93. The van der Waals surface area contributed by atoms with Crippen molar-refractivity contribution in [3.8, 4) is 0 Å². The Morgan fingerprint density at radius 3 is 2.33 bits per heavy atom. The van der Waals surface area contributed by atoms with E-state index in [1.165, 1.54) is 11.8 Å². The Balaban J connectivity index is 1.88. The van der Waals surface area contributed by atoms with E-state index in [1.807, 2.05) is 68.4 Å². The van der Waals surface area contributed by atoms with Crippen molar-refractivity contribution in [2.75, 3.05) is 31.1 Å². The number of hydrogen-bond donors (Lipinski definition) is 0. The quantitative estimate of drug-likeness (QED) is 0.304. The SMILES string of the molecule is CCN(CC)CCCn1c(SC(C)C(=O)N(CC)c2ccccc2)nc2ccccc2c1=O. The highest BCUT2D eigenvalue weighted by atomic mass is 32.2. The van der Waals surface area contributed by atoms with Crippen molar-refractivity contribution < 1.29 is 4.79 Å². The second kappa shape index (κ2) is 12.0. The van der Waals surface area contributed by atoms with Crippen molar-refractivity contribution in [1.82, 2.24) is 14.5 Å². The molecule has 1 atom stereocenters. The lowest BCUT2D eigenvalue weighted by molar-refractivity contribution is -0.117. The molecule has 6 nitrogen and oxygen atoms in total. The van der Waals surface area contributed by atoms with Crippen LogP contribution >= 0.6 is 11.8 Å². The van der Waals surface area contributed by atoms with Crippen LogP contribution in [0.5, 0.6) is 0 Å². The second-order valence-corrected chi connectivity index (χ2v) is 9.23. The maximum atomic E-state index is 13.3. The van der Waals surface area contributed by atoms with Crippen molar-refractivity contribution >= 4 is 34.3 Å². The second-order valence-electron chi connectivity index (χ2n) is 7.93. The third-order valence-corrected chi connectivity index (χ3v) is 6.93. The van der Waals surface area contributed by atoms with Crippen LogP contribution in [0.4, 0.5) is 5.69 Å². The standard InChI is InChI=1S/C26H34N4O2S/c1-5-28(6-2)18-13-19-30-25(32)22-16-11-12-17-23(22)27-26(30)33-20(4)24(31)29(7-3)21-14-9-8-10-15-21/h8-12,14-17,20H,5-7,13,18-19H2,1-4H3. The van der Waals surface area contributed by atoms with Gasteiger partial charge in [-0.15, -0.1) is 0 Å². The maximum absolute atomic E-state index is 13.3. The van der Waals surface area contributed by atoms with Crippen molar-refractivity contribution in [3.63, 3.8) is 0 Å². The van der Waals surface area contributed by atoms with Crippen molar-refractivity contribution in [3.05, 3.63) is 65.0 Å². The number of carbonyl (C=O) groups is 1. The predicted octanol–water partition coefficient (Wildman–Crippen LogP) is 4.66. The highest BCUT2D eigenvalue weighted by Gasteiger charge is 2.24. The zero-order valence-corrected chi connectivity index (χ0v) is 20.8. The van der Waals surface area contributed by atoms with E-state index in [4.69, 9.17) is 4.98 Å². The van der Waals surface area contributed by atoms with Crippen molar-refractivity contribution in [2.24, 2.45) is 0 Å². The number of para-hydroxylation sites is 2. The molecule has 3 rings (SSSR count). The van der Waals surface area contributed by atoms with Gasteiger partial charge in [-0.1, -0.05) is 55.9 Å². The molecule has 1 amide bonds. The third kappa shape index (κ3) is 6.03. The van der Waals surface area contributed by atoms with Gasteiger partial charge in [-0.3, -0.25) is 14.2 Å². The fraction of sp³-hybridized carbons (Fsp3) is 0.423. The normalized spacial score (nSPS) is 12.3. The van der Waals surface area contributed by atoms with Gasteiger partial charge >= 0.3 is 0 Å². The summed E-state index contributed by atoms with van der Waals surface area (Å²) < 4.78 is 1.75. The van der Waals surface area contributed by atoms with Crippen LogP contribution in [0.3, 0.4) is 0 Å². The molecule has 1 aromatic heterocycles. The number of rotatable bonds is 11. The molecule has 2 aromatic carbocycles. The summed E-state index contributed by atoms with van der Waals surface area (Å²) in [7, 11) is 0. The summed E-state index contributed by atoms with van der Waals surface area (Å²) in [4.78, 5) is 35.6. The fourth-order valence-corrected chi connectivity index (χ4v) is 4.93. The molecular weight excluding hydrogens is 432 g/mol. The van der Waals surface area contributed by atoms with Crippen LogP contribution in [0, 0.1) is 0 Å². The minimum atomic E-state index is -0.382. The largest absolute Gasteiger partial charge is 0.312 e. The van der Waals surface area contributed by atoms with Gasteiger partial charge < -0.3 is 9.80 Å². The molecule has 0 bridgehead atoms. The van der Waals surface area contributed by atoms with Crippen molar-refractivity contribution in [2.45, 2.75) is 51.1 Å². The van der Waals surface area contributed by atoms with Crippen LogP contribution < -0.4 is 10.5 Å². The van der Waals surface area contributed by atoms with E-state index in [-0.39, 0.29) is 16.7 Å². The zero-order chi connectivity index (χ0) is 23.8. The molecule has 0 fully saturated rings. The van der Waals surface area contributed by atoms with Crippen LogP contribution in [-0.4, -0.2) is 51.8 Å². The Labute approximate surface area is 200 Å². The Bertz CT molecular complexity index is 1110. The van der Waals surface area contributed by atoms with Gasteiger partial charge in [0.2, 0.25) is 5.91 Å². The van der Waals surface area contributed by atoms with Gasteiger partial charge in [0.05, 0.1) is 16.2 Å². The molecule has 7 heteroatoms. The maximum Gasteiger partial charge on any atom is 0.262 e. The molecule has 176 valence electrons. The van der Waals surface area contributed by atoms with E-state index < -0.39 is 0 Å². The van der Waals surface area contributed by atoms with Gasteiger partial charge in [0.25, 0.3) is 5.56 Å². The van der Waals surface area contributed by atoms with E-state index in [0.29, 0.717) is 29.1 Å². The summed E-state index contributed by atoms with van der Waals surface area (Å²) in [6.45, 7) is 12.2. The first-order valence-corrected chi connectivity index (χ1v) is 12.6. The van der Waals surface area contributed by atoms with Crippen LogP contribution in [0.2, 0.25) is 0 Å². The molecule has 0 spiro atoms. The Kier molecular flexibility index (Phi) is 9.09. The first-order valence-electron chi connectivity index (χ1n) is 11.7. The first kappa shape index (κ1) is 25.0. The smallest absolute Gasteiger partial charge is 0.262 e. The number of carbonyl (C=O) groups excluding carboxylic acids is 1. The summed E-state index contributed by atoms with van der Waals surface area (Å²) in [6, 6.07) is 17.1. The molecule has 1 heterocycles. The van der Waals surface area contributed by atoms with Gasteiger partial charge in [0.1, 0.15) is 0 Å². The average Bonchev–Trinajstić information content (AvgIpc) is 2.84. The monoisotopic (exact) mass is 466 g/mol. The molecule has 0 aliphatic rings. The Morgan fingerprint density at radius 1 is 1.00 bits per heavy atom. The molecule has 0 aliphatic heterocycles. The van der Waals surface area contributed by atoms with Crippen LogP contribution in [-0.2, 0) is 11.3 Å². The Morgan fingerprint density at radius 2 is 1.67 bits per heavy atom. The van der Waals surface area contributed by atoms with Crippen LogP contribution in [0.1, 0.15) is 34.1 Å². The van der Waals surface area contributed by atoms with E-state index in [9.17, 15) is 9.59 Å². The first-order chi connectivity index (χ1) is 16.0. The highest BCUT2D eigenvalue weighted by Crippen LogP contribution is 2.26. The van der Waals surface area contributed by atoms with E-state index in [0.717, 1.165) is 31.7 Å². The number of amides is 1. The lowest BCUT2D eigenvalue weighted by Gasteiger charge is -2.25. The lowest BCUT2D eigenvalue weighted by Crippen LogP contribution is -2.37. The summed E-state index contributed by atoms with van der Waals surface area (Å²) >= 11 is 1.36. The number of aromatic nitrogens is 2. The van der Waals surface area contributed by atoms with E-state index in [2.05, 4.69) is 18.7 Å². The van der Waals surface area contributed by atoms with E-state index in [1.54, 1.807) is 9.47 Å². The molecule has 33 heavy (non-hydrogen) atoms. The van der Waals surface area contributed by atoms with Gasteiger partial charge in [-0.25, -0.2) is 4.98 Å². The predicted molar refractivity (Wildman–Crippen MR) is 138 cm³/mol.